The molecule has 1 aliphatic heterocycles. The fraction of sp³-hybridized carbons (Fsp3) is 0.296. The summed E-state index contributed by atoms with van der Waals surface area (Å²) in [4.78, 5) is 17.5. The molecule has 0 bridgehead atoms. The maximum Gasteiger partial charge on any atom is 0.264 e. The molecule has 1 aliphatic rings. The average molecular weight is 512 g/mol. The van der Waals surface area contributed by atoms with Crippen molar-refractivity contribution >= 4 is 38.9 Å². The molecule has 0 N–H and O–H groups in total. The van der Waals surface area contributed by atoms with Crippen LogP contribution in [0.25, 0.3) is 0 Å². The van der Waals surface area contributed by atoms with Crippen molar-refractivity contribution in [1.29, 1.82) is 0 Å². The highest BCUT2D eigenvalue weighted by Gasteiger charge is 2.30. The van der Waals surface area contributed by atoms with Gasteiger partial charge >= 0.3 is 0 Å². The Kier molecular flexibility index (Phi) is 7.38. The van der Waals surface area contributed by atoms with Crippen LogP contribution in [-0.4, -0.2) is 51.9 Å². The van der Waals surface area contributed by atoms with Crippen LogP contribution in [0.15, 0.2) is 71.6 Å². The summed E-state index contributed by atoms with van der Waals surface area (Å²) in [5.74, 6) is -0.226. The number of hydrogen-bond donors (Lipinski definition) is 0. The SMILES string of the molecule is Cc1ccc(S(=O)(=O)N(CC(=O)N2CCN(c3cccc(C)c3C)CC2)c2ccc(Cl)cc2)cc1. The molecular formula is C27H30ClN3O3S. The van der Waals surface area contributed by atoms with Gasteiger partial charge in [0.05, 0.1) is 10.6 Å². The van der Waals surface area contributed by atoms with E-state index in [0.717, 1.165) is 5.56 Å². The number of piperazine rings is 1. The molecule has 4 rings (SSSR count). The number of anilines is 2. The Morgan fingerprint density at radius 2 is 1.51 bits per heavy atom. The molecule has 1 fully saturated rings. The van der Waals surface area contributed by atoms with Crippen molar-refractivity contribution in [1.82, 2.24) is 4.90 Å². The molecule has 1 saturated heterocycles. The van der Waals surface area contributed by atoms with Gasteiger partial charge in [0.2, 0.25) is 5.91 Å². The molecule has 0 saturated carbocycles. The van der Waals surface area contributed by atoms with Gasteiger partial charge in [-0.15, -0.1) is 0 Å². The van der Waals surface area contributed by atoms with E-state index >= 15 is 0 Å². The van der Waals surface area contributed by atoms with E-state index in [0.29, 0.717) is 36.9 Å². The predicted octanol–water partition coefficient (Wildman–Crippen LogP) is 4.81. The Morgan fingerprint density at radius 1 is 0.886 bits per heavy atom. The maximum absolute atomic E-state index is 13.6. The predicted molar refractivity (Wildman–Crippen MR) is 142 cm³/mol. The number of aryl methyl sites for hydroxylation is 2. The van der Waals surface area contributed by atoms with Gasteiger partial charge in [-0.25, -0.2) is 8.42 Å². The summed E-state index contributed by atoms with van der Waals surface area (Å²) in [7, 11) is -3.95. The van der Waals surface area contributed by atoms with E-state index in [1.165, 1.54) is 21.1 Å². The van der Waals surface area contributed by atoms with Crippen molar-refractivity contribution in [3.63, 3.8) is 0 Å². The van der Waals surface area contributed by atoms with Crippen LogP contribution in [0.3, 0.4) is 0 Å². The number of benzene rings is 3. The third kappa shape index (κ3) is 5.46. The van der Waals surface area contributed by atoms with E-state index < -0.39 is 10.0 Å². The van der Waals surface area contributed by atoms with E-state index in [2.05, 4.69) is 36.9 Å². The van der Waals surface area contributed by atoms with Crippen LogP contribution in [0.1, 0.15) is 16.7 Å². The first-order valence-corrected chi connectivity index (χ1v) is 13.4. The first-order chi connectivity index (χ1) is 16.7. The third-order valence-corrected chi connectivity index (χ3v) is 8.59. The van der Waals surface area contributed by atoms with Gasteiger partial charge in [0.15, 0.2) is 0 Å². The Balaban J connectivity index is 1.53. The normalized spacial score (nSPS) is 14.2. The van der Waals surface area contributed by atoms with E-state index in [1.54, 1.807) is 53.4 Å². The summed E-state index contributed by atoms with van der Waals surface area (Å²) in [5.41, 5.74) is 5.02. The molecule has 0 aromatic heterocycles. The zero-order chi connectivity index (χ0) is 25.2. The van der Waals surface area contributed by atoms with Gasteiger partial charge in [0.1, 0.15) is 6.54 Å². The quantitative estimate of drug-likeness (QED) is 0.476. The number of rotatable bonds is 6. The number of carbonyl (C=O) groups excluding carboxylic acids is 1. The highest BCUT2D eigenvalue weighted by molar-refractivity contribution is 7.92. The lowest BCUT2D eigenvalue weighted by atomic mass is 10.1. The first-order valence-electron chi connectivity index (χ1n) is 11.6. The van der Waals surface area contributed by atoms with Gasteiger partial charge in [-0.1, -0.05) is 41.4 Å². The third-order valence-electron chi connectivity index (χ3n) is 6.55. The highest BCUT2D eigenvalue weighted by atomic mass is 35.5. The van der Waals surface area contributed by atoms with E-state index in [9.17, 15) is 13.2 Å². The van der Waals surface area contributed by atoms with Crippen LogP contribution >= 0.6 is 11.6 Å². The van der Waals surface area contributed by atoms with Crippen molar-refractivity contribution in [3.8, 4) is 0 Å². The molecular weight excluding hydrogens is 482 g/mol. The van der Waals surface area contributed by atoms with E-state index in [4.69, 9.17) is 11.6 Å². The molecule has 0 atom stereocenters. The molecule has 3 aromatic carbocycles. The lowest BCUT2D eigenvalue weighted by Crippen LogP contribution is -2.52. The van der Waals surface area contributed by atoms with Crippen LogP contribution in [0.4, 0.5) is 11.4 Å². The number of sulfonamides is 1. The van der Waals surface area contributed by atoms with Gasteiger partial charge in [-0.3, -0.25) is 9.10 Å². The molecule has 35 heavy (non-hydrogen) atoms. The Morgan fingerprint density at radius 3 is 2.14 bits per heavy atom. The molecule has 3 aromatic rings. The first kappa shape index (κ1) is 25.1. The topological polar surface area (TPSA) is 60.9 Å². The monoisotopic (exact) mass is 511 g/mol. The second kappa shape index (κ2) is 10.3. The number of hydrogen-bond acceptors (Lipinski definition) is 4. The minimum absolute atomic E-state index is 0.144. The molecule has 0 radical (unpaired) electrons. The zero-order valence-electron chi connectivity index (χ0n) is 20.2. The minimum atomic E-state index is -3.95. The summed E-state index contributed by atoms with van der Waals surface area (Å²) in [6.45, 7) is 8.29. The number of carbonyl (C=O) groups is 1. The Labute approximate surface area is 212 Å². The molecule has 1 heterocycles. The van der Waals surface area contributed by atoms with Crippen LogP contribution in [-0.2, 0) is 14.8 Å². The van der Waals surface area contributed by atoms with Crippen LogP contribution in [0.2, 0.25) is 5.02 Å². The van der Waals surface area contributed by atoms with Crippen molar-refractivity contribution in [2.24, 2.45) is 0 Å². The molecule has 0 spiro atoms. The molecule has 6 nitrogen and oxygen atoms in total. The Hall–Kier alpha value is -3.03. The van der Waals surface area contributed by atoms with E-state index in [1.807, 2.05) is 6.92 Å². The summed E-state index contributed by atoms with van der Waals surface area (Å²) < 4.78 is 28.3. The highest BCUT2D eigenvalue weighted by Crippen LogP contribution is 2.27. The van der Waals surface area contributed by atoms with Gasteiger partial charge in [0, 0.05) is 36.9 Å². The largest absolute Gasteiger partial charge is 0.368 e. The van der Waals surface area contributed by atoms with Crippen molar-refractivity contribution in [3.05, 3.63) is 88.4 Å². The fourth-order valence-electron chi connectivity index (χ4n) is 4.26. The number of amides is 1. The Bertz CT molecular complexity index is 1300. The number of nitrogens with zero attached hydrogens (tertiary/aromatic N) is 3. The number of halogens is 1. The van der Waals surface area contributed by atoms with Gasteiger partial charge in [0.25, 0.3) is 10.0 Å². The second-order valence-electron chi connectivity index (χ2n) is 8.89. The van der Waals surface area contributed by atoms with Crippen LogP contribution < -0.4 is 9.21 Å². The molecule has 0 unspecified atom stereocenters. The summed E-state index contributed by atoms with van der Waals surface area (Å²) >= 11 is 6.03. The summed E-state index contributed by atoms with van der Waals surface area (Å²) in [6, 6.07) is 19.4. The molecule has 8 heteroatoms. The smallest absolute Gasteiger partial charge is 0.264 e. The van der Waals surface area contributed by atoms with Crippen molar-refractivity contribution < 1.29 is 13.2 Å². The molecule has 0 aliphatic carbocycles. The summed E-state index contributed by atoms with van der Waals surface area (Å²) in [6.07, 6.45) is 0. The maximum atomic E-state index is 13.6. The van der Waals surface area contributed by atoms with Gasteiger partial charge in [-0.2, -0.15) is 0 Å². The van der Waals surface area contributed by atoms with E-state index in [-0.39, 0.29) is 17.3 Å². The average Bonchev–Trinajstić information content (AvgIpc) is 2.85. The van der Waals surface area contributed by atoms with Crippen molar-refractivity contribution in [2.45, 2.75) is 25.7 Å². The minimum Gasteiger partial charge on any atom is -0.368 e. The van der Waals surface area contributed by atoms with Crippen LogP contribution in [0, 0.1) is 20.8 Å². The lowest BCUT2D eigenvalue weighted by molar-refractivity contribution is -0.129. The van der Waals surface area contributed by atoms with Crippen molar-refractivity contribution in [2.75, 3.05) is 41.9 Å². The summed E-state index contributed by atoms with van der Waals surface area (Å²) in [5, 5.41) is 0.496. The molecule has 184 valence electrons. The second-order valence-corrected chi connectivity index (χ2v) is 11.2. The fourth-order valence-corrected chi connectivity index (χ4v) is 5.80. The lowest BCUT2D eigenvalue weighted by Gasteiger charge is -2.38. The molecule has 1 amide bonds. The standard InChI is InChI=1S/C27H30ClN3O3S/c1-20-7-13-25(14-8-20)35(33,34)31(24-11-9-23(28)10-12-24)19-27(32)30-17-15-29(16-18-30)26-6-4-5-21(2)22(26)3/h4-14H,15-19H2,1-3H3. The van der Waals surface area contributed by atoms with Gasteiger partial charge in [-0.05, 0) is 74.4 Å². The van der Waals surface area contributed by atoms with Gasteiger partial charge < -0.3 is 9.80 Å². The van der Waals surface area contributed by atoms with Crippen LogP contribution in [0.5, 0.6) is 0 Å². The zero-order valence-corrected chi connectivity index (χ0v) is 21.8.